The first kappa shape index (κ1) is 26.9. The van der Waals surface area contributed by atoms with Crippen molar-refractivity contribution in [1.29, 1.82) is 0 Å². The highest BCUT2D eigenvalue weighted by Crippen LogP contribution is 2.12. The van der Waals surface area contributed by atoms with Crippen molar-refractivity contribution in [3.8, 4) is 0 Å². The summed E-state index contributed by atoms with van der Waals surface area (Å²) in [5.41, 5.74) is 8.46. The van der Waals surface area contributed by atoms with Gasteiger partial charge in [0, 0.05) is 13.0 Å². The van der Waals surface area contributed by atoms with E-state index in [1.807, 2.05) is 0 Å². The van der Waals surface area contributed by atoms with E-state index in [9.17, 15) is 14.7 Å². The number of hydrogen-bond donors (Lipinski definition) is 3. The second kappa shape index (κ2) is 19.2. The van der Waals surface area contributed by atoms with Crippen molar-refractivity contribution in [3.63, 3.8) is 0 Å². The van der Waals surface area contributed by atoms with E-state index in [2.05, 4.69) is 19.3 Å². The van der Waals surface area contributed by atoms with Crippen LogP contribution in [0.3, 0.4) is 0 Å². The molecule has 0 fully saturated rings. The third kappa shape index (κ3) is 14.9. The summed E-state index contributed by atoms with van der Waals surface area (Å²) < 4.78 is 0. The van der Waals surface area contributed by atoms with Gasteiger partial charge in [-0.2, -0.15) is 0 Å². The van der Waals surface area contributed by atoms with E-state index >= 15 is 0 Å². The predicted molar refractivity (Wildman–Crippen MR) is 116 cm³/mol. The Balaban J connectivity index is 4.23. The fourth-order valence-corrected chi connectivity index (χ4v) is 3.22. The number of hydrazine groups is 1. The van der Waals surface area contributed by atoms with Crippen LogP contribution in [-0.2, 0) is 9.59 Å². The largest absolute Gasteiger partial charge is 0.480 e. The van der Waals surface area contributed by atoms with Crippen LogP contribution in [0.4, 0.5) is 0 Å². The molecule has 0 aromatic carbocycles. The van der Waals surface area contributed by atoms with Crippen LogP contribution in [0.25, 0.3) is 0 Å². The average Bonchev–Trinajstić information content (AvgIpc) is 2.68. The first-order chi connectivity index (χ1) is 13.6. The minimum absolute atomic E-state index is 0.0153. The third-order valence-corrected chi connectivity index (χ3v) is 5.09. The predicted octanol–water partition coefficient (Wildman–Crippen LogP) is 4.62. The highest BCUT2D eigenvalue weighted by molar-refractivity contribution is 5.77. The minimum Gasteiger partial charge on any atom is -0.480 e. The Bertz CT molecular complexity index is 391. The number of nitrogens with one attached hydrogen (secondary N) is 1. The second-order valence-corrected chi connectivity index (χ2v) is 7.78. The van der Waals surface area contributed by atoms with Crippen LogP contribution in [0.2, 0.25) is 0 Å². The lowest BCUT2D eigenvalue weighted by Gasteiger charge is -2.27. The Morgan fingerprint density at radius 3 is 1.96 bits per heavy atom. The number of unbranched alkanes of at least 4 members (excludes halogenated alkanes) is 10. The van der Waals surface area contributed by atoms with Crippen molar-refractivity contribution in [1.82, 2.24) is 10.4 Å². The van der Waals surface area contributed by atoms with Gasteiger partial charge in [-0.1, -0.05) is 71.6 Å². The zero-order valence-electron chi connectivity index (χ0n) is 18.4. The lowest BCUT2D eigenvalue weighted by atomic mass is 10.1. The van der Waals surface area contributed by atoms with E-state index in [1.165, 1.54) is 44.9 Å². The summed E-state index contributed by atoms with van der Waals surface area (Å²) in [7, 11) is 0. The molecule has 28 heavy (non-hydrogen) atoms. The Hall–Kier alpha value is -1.14. The van der Waals surface area contributed by atoms with Gasteiger partial charge in [-0.15, -0.1) is 0 Å². The van der Waals surface area contributed by atoms with Crippen molar-refractivity contribution < 1.29 is 14.7 Å². The van der Waals surface area contributed by atoms with Crippen LogP contribution in [0, 0.1) is 0 Å². The number of nitrogens with zero attached hydrogens (tertiary/aromatic N) is 1. The number of rotatable bonds is 20. The topological polar surface area (TPSA) is 95.7 Å². The van der Waals surface area contributed by atoms with E-state index in [1.54, 1.807) is 5.01 Å². The molecule has 0 saturated carbocycles. The van der Waals surface area contributed by atoms with Crippen LogP contribution in [0.1, 0.15) is 110 Å². The molecule has 0 aromatic heterocycles. The van der Waals surface area contributed by atoms with Gasteiger partial charge in [-0.05, 0) is 38.6 Å². The molecule has 0 spiro atoms. The van der Waals surface area contributed by atoms with Crippen LogP contribution < -0.4 is 11.2 Å². The van der Waals surface area contributed by atoms with Crippen LogP contribution in [0.5, 0.6) is 0 Å². The number of carboxylic acid groups (broad SMARTS) is 1. The number of carboxylic acids is 1. The first-order valence-corrected chi connectivity index (χ1v) is 11.6. The maximum atomic E-state index is 12.6. The Labute approximate surface area is 172 Å². The van der Waals surface area contributed by atoms with E-state index < -0.39 is 12.0 Å². The average molecular weight is 400 g/mol. The highest BCUT2D eigenvalue weighted by atomic mass is 16.4. The van der Waals surface area contributed by atoms with Gasteiger partial charge in [0.25, 0.3) is 0 Å². The molecule has 0 heterocycles. The van der Waals surface area contributed by atoms with Crippen LogP contribution in [0.15, 0.2) is 0 Å². The standard InChI is InChI=1S/C22H45N3O3/c1-3-5-7-8-9-10-11-12-13-17-21(26)25(19-6-4-2)24-20(22(27)28)16-14-15-18-23/h20,24H,3-19,23H2,1-2H3,(H,27,28)/t20-/m0/s1. The smallest absolute Gasteiger partial charge is 0.322 e. The molecule has 0 radical (unpaired) electrons. The first-order valence-electron chi connectivity index (χ1n) is 11.6. The minimum atomic E-state index is -0.908. The molecule has 1 atom stereocenters. The normalized spacial score (nSPS) is 12.1. The molecule has 0 aliphatic rings. The molecule has 1 amide bonds. The molecule has 0 unspecified atom stereocenters. The van der Waals surface area contributed by atoms with Gasteiger partial charge in [0.1, 0.15) is 6.04 Å². The molecule has 0 aromatic rings. The zero-order chi connectivity index (χ0) is 21.0. The second-order valence-electron chi connectivity index (χ2n) is 7.78. The number of aliphatic carboxylic acids is 1. The Kier molecular flexibility index (Phi) is 18.4. The molecule has 6 heteroatoms. The molecular weight excluding hydrogens is 354 g/mol. The van der Waals surface area contributed by atoms with E-state index in [0.717, 1.165) is 38.5 Å². The summed E-state index contributed by atoms with van der Waals surface area (Å²) in [6.45, 7) is 5.42. The number of carbonyl (C=O) groups excluding carboxylic acids is 1. The Morgan fingerprint density at radius 2 is 1.43 bits per heavy atom. The zero-order valence-corrected chi connectivity index (χ0v) is 18.4. The summed E-state index contributed by atoms with van der Waals surface area (Å²) in [5.74, 6) is -0.893. The maximum Gasteiger partial charge on any atom is 0.322 e. The number of nitrogens with two attached hydrogens (primary N) is 1. The number of hydrogen-bond acceptors (Lipinski definition) is 4. The fourth-order valence-electron chi connectivity index (χ4n) is 3.22. The van der Waals surface area contributed by atoms with Gasteiger partial charge in [-0.3, -0.25) is 14.6 Å². The lowest BCUT2D eigenvalue weighted by molar-refractivity contribution is -0.144. The van der Waals surface area contributed by atoms with Gasteiger partial charge >= 0.3 is 5.97 Å². The van der Waals surface area contributed by atoms with Gasteiger partial charge in [-0.25, -0.2) is 5.43 Å². The van der Waals surface area contributed by atoms with Crippen LogP contribution in [-0.4, -0.2) is 41.1 Å². The van der Waals surface area contributed by atoms with Crippen molar-refractivity contribution in [2.45, 2.75) is 116 Å². The van der Waals surface area contributed by atoms with Crippen molar-refractivity contribution in [2.75, 3.05) is 13.1 Å². The summed E-state index contributed by atoms with van der Waals surface area (Å²) in [6, 6.07) is -0.726. The van der Waals surface area contributed by atoms with Crippen LogP contribution >= 0.6 is 0 Å². The van der Waals surface area contributed by atoms with E-state index in [-0.39, 0.29) is 5.91 Å². The molecule has 0 aliphatic heterocycles. The highest BCUT2D eigenvalue weighted by Gasteiger charge is 2.22. The molecule has 4 N–H and O–H groups in total. The molecule has 0 bridgehead atoms. The summed E-state index contributed by atoms with van der Waals surface area (Å²) in [6.07, 6.45) is 15.3. The van der Waals surface area contributed by atoms with Gasteiger partial charge < -0.3 is 10.8 Å². The van der Waals surface area contributed by atoms with Crippen molar-refractivity contribution in [2.24, 2.45) is 5.73 Å². The number of amides is 1. The molecular formula is C22H45N3O3. The molecule has 6 nitrogen and oxygen atoms in total. The van der Waals surface area contributed by atoms with Crippen molar-refractivity contribution >= 4 is 11.9 Å². The Morgan fingerprint density at radius 1 is 0.857 bits per heavy atom. The van der Waals surface area contributed by atoms with E-state index in [4.69, 9.17) is 5.73 Å². The molecule has 0 rings (SSSR count). The summed E-state index contributed by atoms with van der Waals surface area (Å²) in [5, 5.41) is 11.0. The fraction of sp³-hybridized carbons (Fsp3) is 0.909. The lowest BCUT2D eigenvalue weighted by Crippen LogP contribution is -2.51. The number of carbonyl (C=O) groups is 2. The molecule has 0 saturated heterocycles. The summed E-state index contributed by atoms with van der Waals surface area (Å²) in [4.78, 5) is 24.1. The third-order valence-electron chi connectivity index (χ3n) is 5.09. The van der Waals surface area contributed by atoms with E-state index in [0.29, 0.717) is 25.9 Å². The van der Waals surface area contributed by atoms with Gasteiger partial charge in [0.05, 0.1) is 0 Å². The molecule has 0 aliphatic carbocycles. The quantitative estimate of drug-likeness (QED) is 0.205. The molecule has 166 valence electrons. The van der Waals surface area contributed by atoms with Gasteiger partial charge in [0.15, 0.2) is 0 Å². The van der Waals surface area contributed by atoms with Gasteiger partial charge in [0.2, 0.25) is 5.91 Å². The summed E-state index contributed by atoms with van der Waals surface area (Å²) >= 11 is 0. The van der Waals surface area contributed by atoms with Crippen molar-refractivity contribution in [3.05, 3.63) is 0 Å². The monoisotopic (exact) mass is 399 g/mol. The SMILES string of the molecule is CCCCCCCCCCCC(=O)N(CCCC)N[C@@H](CCCCN)C(=O)O. The maximum absolute atomic E-state index is 12.6.